The molecule has 0 atom stereocenters. The van der Waals surface area contributed by atoms with Crippen molar-refractivity contribution in [3.8, 4) is 0 Å². The smallest absolute Gasteiger partial charge is 0.223 e. The van der Waals surface area contributed by atoms with Gasteiger partial charge >= 0.3 is 0 Å². The van der Waals surface area contributed by atoms with Crippen LogP contribution < -0.4 is 11.1 Å². The van der Waals surface area contributed by atoms with Crippen LogP contribution in [0, 0.1) is 12.7 Å². The molecule has 0 aliphatic rings. The van der Waals surface area contributed by atoms with E-state index in [-0.39, 0.29) is 10.7 Å². The van der Waals surface area contributed by atoms with Gasteiger partial charge in [-0.1, -0.05) is 16.8 Å². The van der Waals surface area contributed by atoms with Gasteiger partial charge in [0, 0.05) is 13.0 Å². The van der Waals surface area contributed by atoms with Gasteiger partial charge < -0.3 is 15.6 Å². The third-order valence-corrected chi connectivity index (χ3v) is 2.39. The van der Waals surface area contributed by atoms with E-state index in [1.54, 1.807) is 6.92 Å². The van der Waals surface area contributed by atoms with E-state index in [2.05, 4.69) is 15.5 Å². The zero-order valence-electron chi connectivity index (χ0n) is 9.00. The zero-order chi connectivity index (χ0) is 12.4. The predicted octanol–water partition coefficient (Wildman–Crippen LogP) is 2.36. The molecule has 1 aromatic carbocycles. The number of nitrogens with two attached hydrogens (primary N) is 1. The average Bonchev–Trinajstić information content (AvgIpc) is 2.68. The lowest BCUT2D eigenvalue weighted by molar-refractivity contribution is 0.388. The molecule has 0 fully saturated rings. The maximum Gasteiger partial charge on any atom is 0.223 e. The van der Waals surface area contributed by atoms with Gasteiger partial charge in [-0.15, -0.1) is 0 Å². The van der Waals surface area contributed by atoms with Crippen LogP contribution in [-0.4, -0.2) is 10.1 Å². The Balaban J connectivity index is 2.11. The Labute approximate surface area is 102 Å². The maximum absolute atomic E-state index is 13.0. The van der Waals surface area contributed by atoms with Gasteiger partial charge in [-0.2, -0.15) is 4.98 Å². The molecule has 7 heteroatoms. The predicted molar refractivity (Wildman–Crippen MR) is 62.2 cm³/mol. The first-order valence-corrected chi connectivity index (χ1v) is 5.21. The Morgan fingerprint density at radius 3 is 2.94 bits per heavy atom. The van der Waals surface area contributed by atoms with E-state index < -0.39 is 5.82 Å². The van der Waals surface area contributed by atoms with Gasteiger partial charge in [0.25, 0.3) is 0 Å². The Bertz CT molecular complexity index is 543. The number of anilines is 2. The van der Waals surface area contributed by atoms with Crippen LogP contribution in [0.1, 0.15) is 11.7 Å². The summed E-state index contributed by atoms with van der Waals surface area (Å²) in [4.78, 5) is 4.01. The second-order valence-corrected chi connectivity index (χ2v) is 3.84. The van der Waals surface area contributed by atoms with Gasteiger partial charge in [0.2, 0.25) is 5.89 Å². The van der Waals surface area contributed by atoms with E-state index in [1.165, 1.54) is 6.07 Å². The second kappa shape index (κ2) is 4.58. The molecule has 0 bridgehead atoms. The fourth-order valence-corrected chi connectivity index (χ4v) is 1.47. The fraction of sp³-hybridized carbons (Fsp3) is 0.200. The molecule has 0 unspecified atom stereocenters. The lowest BCUT2D eigenvalue weighted by atomic mass is 10.2. The number of nitrogen functional groups attached to an aromatic ring is 1. The summed E-state index contributed by atoms with van der Waals surface area (Å²) in [7, 11) is 0. The monoisotopic (exact) mass is 256 g/mol. The SMILES string of the molecule is Cc1nc(CNc2cc(Cl)c(F)cc2N)no1. The number of nitrogens with one attached hydrogen (secondary N) is 1. The van der Waals surface area contributed by atoms with E-state index in [4.69, 9.17) is 21.9 Å². The van der Waals surface area contributed by atoms with Crippen LogP contribution in [0.15, 0.2) is 16.7 Å². The molecule has 2 rings (SSSR count). The molecule has 90 valence electrons. The first-order chi connectivity index (χ1) is 8.06. The first kappa shape index (κ1) is 11.7. The van der Waals surface area contributed by atoms with Gasteiger partial charge in [-0.05, 0) is 6.07 Å². The van der Waals surface area contributed by atoms with Crippen LogP contribution >= 0.6 is 11.6 Å². The number of aryl methyl sites for hydroxylation is 1. The molecule has 0 radical (unpaired) electrons. The van der Waals surface area contributed by atoms with Crippen molar-refractivity contribution in [3.05, 3.63) is 34.7 Å². The normalized spacial score (nSPS) is 10.5. The maximum atomic E-state index is 13.0. The number of aromatic nitrogens is 2. The number of hydrogen-bond acceptors (Lipinski definition) is 5. The van der Waals surface area contributed by atoms with Crippen molar-refractivity contribution in [1.29, 1.82) is 0 Å². The molecule has 17 heavy (non-hydrogen) atoms. The lowest BCUT2D eigenvalue weighted by Gasteiger charge is -2.08. The van der Waals surface area contributed by atoms with Crippen molar-refractivity contribution >= 4 is 23.0 Å². The zero-order valence-corrected chi connectivity index (χ0v) is 9.75. The summed E-state index contributed by atoms with van der Waals surface area (Å²) in [5, 5.41) is 6.66. The molecule has 0 spiro atoms. The van der Waals surface area contributed by atoms with E-state index in [0.29, 0.717) is 23.9 Å². The molecule has 1 heterocycles. The van der Waals surface area contributed by atoms with Crippen LogP contribution in [0.25, 0.3) is 0 Å². The highest BCUT2D eigenvalue weighted by molar-refractivity contribution is 6.31. The van der Waals surface area contributed by atoms with Crippen LogP contribution in [0.3, 0.4) is 0 Å². The fourth-order valence-electron chi connectivity index (χ4n) is 1.30. The average molecular weight is 257 g/mol. The highest BCUT2D eigenvalue weighted by atomic mass is 35.5. The van der Waals surface area contributed by atoms with Crippen LogP contribution in [0.4, 0.5) is 15.8 Å². The topological polar surface area (TPSA) is 77.0 Å². The summed E-state index contributed by atoms with van der Waals surface area (Å²) in [6.07, 6.45) is 0. The highest BCUT2D eigenvalue weighted by Crippen LogP contribution is 2.26. The molecular formula is C10H10ClFN4O. The molecule has 3 N–H and O–H groups in total. The quantitative estimate of drug-likeness (QED) is 0.825. The van der Waals surface area contributed by atoms with E-state index >= 15 is 0 Å². The largest absolute Gasteiger partial charge is 0.397 e. The van der Waals surface area contributed by atoms with Crippen molar-refractivity contribution in [3.63, 3.8) is 0 Å². The number of benzene rings is 1. The third-order valence-electron chi connectivity index (χ3n) is 2.10. The first-order valence-electron chi connectivity index (χ1n) is 4.84. The van der Waals surface area contributed by atoms with Gasteiger partial charge in [-0.3, -0.25) is 0 Å². The molecule has 1 aromatic heterocycles. The van der Waals surface area contributed by atoms with Gasteiger partial charge in [-0.25, -0.2) is 4.39 Å². The van der Waals surface area contributed by atoms with Gasteiger partial charge in [0.1, 0.15) is 5.82 Å². The minimum absolute atomic E-state index is 0.00555. The Morgan fingerprint density at radius 1 is 1.53 bits per heavy atom. The standard InChI is InChI=1S/C10H10ClFN4O/c1-5-15-10(16-17-5)4-14-9-2-6(11)7(12)3-8(9)13/h2-3,14H,4,13H2,1H3. The van der Waals surface area contributed by atoms with Crippen molar-refractivity contribution in [2.24, 2.45) is 0 Å². The summed E-state index contributed by atoms with van der Waals surface area (Å²) in [5.74, 6) is 0.416. The van der Waals surface area contributed by atoms with E-state index in [1.807, 2.05) is 0 Å². The van der Waals surface area contributed by atoms with E-state index in [0.717, 1.165) is 6.07 Å². The summed E-state index contributed by atoms with van der Waals surface area (Å²) < 4.78 is 17.9. The summed E-state index contributed by atoms with van der Waals surface area (Å²) in [6, 6.07) is 2.57. The minimum atomic E-state index is -0.551. The molecule has 0 amide bonds. The number of rotatable bonds is 3. The Kier molecular flexibility index (Phi) is 3.14. The molecule has 0 aliphatic heterocycles. The second-order valence-electron chi connectivity index (χ2n) is 3.44. The molecule has 5 nitrogen and oxygen atoms in total. The third kappa shape index (κ3) is 2.65. The summed E-state index contributed by atoms with van der Waals surface area (Å²) in [5.41, 5.74) is 6.43. The van der Waals surface area contributed by atoms with Crippen molar-refractivity contribution in [2.45, 2.75) is 13.5 Å². The van der Waals surface area contributed by atoms with Gasteiger partial charge in [0.05, 0.1) is 22.9 Å². The lowest BCUT2D eigenvalue weighted by Crippen LogP contribution is -2.04. The molecule has 2 aromatic rings. The molecule has 0 saturated carbocycles. The van der Waals surface area contributed by atoms with Crippen LogP contribution in [0.2, 0.25) is 5.02 Å². The minimum Gasteiger partial charge on any atom is -0.397 e. The number of hydrogen-bond donors (Lipinski definition) is 2. The molecular weight excluding hydrogens is 247 g/mol. The Morgan fingerprint density at radius 2 is 2.29 bits per heavy atom. The van der Waals surface area contributed by atoms with Crippen molar-refractivity contribution < 1.29 is 8.91 Å². The van der Waals surface area contributed by atoms with E-state index in [9.17, 15) is 4.39 Å². The van der Waals surface area contributed by atoms with Crippen LogP contribution in [0.5, 0.6) is 0 Å². The Hall–Kier alpha value is -1.82. The van der Waals surface area contributed by atoms with Crippen LogP contribution in [-0.2, 0) is 6.54 Å². The number of halogens is 2. The van der Waals surface area contributed by atoms with Gasteiger partial charge in [0.15, 0.2) is 5.82 Å². The van der Waals surface area contributed by atoms with Crippen molar-refractivity contribution in [1.82, 2.24) is 10.1 Å². The van der Waals surface area contributed by atoms with Crippen molar-refractivity contribution in [2.75, 3.05) is 11.1 Å². The highest BCUT2D eigenvalue weighted by Gasteiger charge is 2.07. The molecule has 0 saturated heterocycles. The number of nitrogens with zero attached hydrogens (tertiary/aromatic N) is 2. The summed E-state index contributed by atoms with van der Waals surface area (Å²) >= 11 is 5.65. The molecule has 0 aliphatic carbocycles. The summed E-state index contributed by atoms with van der Waals surface area (Å²) in [6.45, 7) is 2.02.